The maximum atomic E-state index is 10.9. The fourth-order valence-corrected chi connectivity index (χ4v) is 3.11. The SMILES string of the molecule is CCc1nc(COc2cc(C)ccc2C)sc1CC(=O)O. The molecule has 1 heterocycles. The molecule has 21 heavy (non-hydrogen) atoms. The van der Waals surface area contributed by atoms with Gasteiger partial charge in [-0.15, -0.1) is 11.3 Å². The van der Waals surface area contributed by atoms with Crippen molar-refractivity contribution in [3.8, 4) is 5.75 Å². The number of carboxylic acid groups (broad SMARTS) is 1. The molecule has 0 saturated heterocycles. The van der Waals surface area contributed by atoms with Crippen molar-refractivity contribution in [3.05, 3.63) is 44.9 Å². The normalized spacial score (nSPS) is 10.6. The number of carboxylic acids is 1. The number of aliphatic carboxylic acids is 1. The van der Waals surface area contributed by atoms with Gasteiger partial charge < -0.3 is 9.84 Å². The number of aryl methyl sites for hydroxylation is 3. The fraction of sp³-hybridized carbons (Fsp3) is 0.375. The van der Waals surface area contributed by atoms with Gasteiger partial charge in [-0.25, -0.2) is 4.98 Å². The van der Waals surface area contributed by atoms with Crippen LogP contribution in [0, 0.1) is 13.8 Å². The Labute approximate surface area is 128 Å². The highest BCUT2D eigenvalue weighted by molar-refractivity contribution is 7.11. The van der Waals surface area contributed by atoms with E-state index in [0.29, 0.717) is 6.61 Å². The number of ether oxygens (including phenoxy) is 1. The van der Waals surface area contributed by atoms with E-state index >= 15 is 0 Å². The summed E-state index contributed by atoms with van der Waals surface area (Å²) < 4.78 is 5.82. The second-order valence-electron chi connectivity index (χ2n) is 4.96. The molecule has 0 aliphatic rings. The van der Waals surface area contributed by atoms with Crippen LogP contribution in [0.25, 0.3) is 0 Å². The summed E-state index contributed by atoms with van der Waals surface area (Å²) in [4.78, 5) is 16.2. The molecule has 0 unspecified atom stereocenters. The third-order valence-electron chi connectivity index (χ3n) is 3.16. The number of thiazole rings is 1. The minimum absolute atomic E-state index is 0.0321. The van der Waals surface area contributed by atoms with E-state index in [9.17, 15) is 4.79 Å². The summed E-state index contributed by atoms with van der Waals surface area (Å²) in [5, 5.41) is 9.74. The highest BCUT2D eigenvalue weighted by atomic mass is 32.1. The Hall–Kier alpha value is -1.88. The predicted octanol–water partition coefficient (Wildman–Crippen LogP) is 3.53. The monoisotopic (exact) mass is 305 g/mol. The van der Waals surface area contributed by atoms with E-state index in [1.54, 1.807) is 0 Å². The lowest BCUT2D eigenvalue weighted by Crippen LogP contribution is -2.00. The Balaban J connectivity index is 2.11. The van der Waals surface area contributed by atoms with Gasteiger partial charge >= 0.3 is 5.97 Å². The van der Waals surface area contributed by atoms with Crippen molar-refractivity contribution in [1.29, 1.82) is 0 Å². The Morgan fingerprint density at radius 3 is 2.81 bits per heavy atom. The summed E-state index contributed by atoms with van der Waals surface area (Å²) in [6.07, 6.45) is 0.771. The molecule has 0 aliphatic carbocycles. The minimum Gasteiger partial charge on any atom is -0.486 e. The lowest BCUT2D eigenvalue weighted by Gasteiger charge is -2.08. The van der Waals surface area contributed by atoms with Crippen LogP contribution in [0.2, 0.25) is 0 Å². The molecular weight excluding hydrogens is 286 g/mol. The van der Waals surface area contributed by atoms with Gasteiger partial charge in [-0.1, -0.05) is 19.1 Å². The van der Waals surface area contributed by atoms with E-state index in [2.05, 4.69) is 4.98 Å². The number of hydrogen-bond acceptors (Lipinski definition) is 4. The summed E-state index contributed by atoms with van der Waals surface area (Å²) in [6, 6.07) is 6.08. The summed E-state index contributed by atoms with van der Waals surface area (Å²) in [5.74, 6) is 0.0263. The topological polar surface area (TPSA) is 59.4 Å². The molecule has 0 atom stereocenters. The molecule has 1 N–H and O–H groups in total. The average Bonchev–Trinajstić information content (AvgIpc) is 2.81. The number of carbonyl (C=O) groups is 1. The molecule has 1 aromatic heterocycles. The molecule has 0 amide bonds. The lowest BCUT2D eigenvalue weighted by atomic mass is 10.1. The molecule has 0 saturated carbocycles. The van der Waals surface area contributed by atoms with E-state index in [-0.39, 0.29) is 6.42 Å². The maximum absolute atomic E-state index is 10.9. The highest BCUT2D eigenvalue weighted by Gasteiger charge is 2.13. The second kappa shape index (κ2) is 6.72. The molecule has 0 bridgehead atoms. The number of rotatable bonds is 6. The Morgan fingerprint density at radius 1 is 1.38 bits per heavy atom. The van der Waals surface area contributed by atoms with Crippen LogP contribution in [0.5, 0.6) is 5.75 Å². The smallest absolute Gasteiger partial charge is 0.308 e. The molecule has 4 nitrogen and oxygen atoms in total. The van der Waals surface area contributed by atoms with Crippen molar-refractivity contribution < 1.29 is 14.6 Å². The zero-order valence-electron chi connectivity index (χ0n) is 12.5. The van der Waals surface area contributed by atoms with Gasteiger partial charge in [-0.05, 0) is 37.5 Å². The van der Waals surface area contributed by atoms with Gasteiger partial charge in [-0.3, -0.25) is 4.79 Å². The van der Waals surface area contributed by atoms with Gasteiger partial charge in [0, 0.05) is 4.88 Å². The molecule has 0 spiro atoms. The largest absolute Gasteiger partial charge is 0.486 e. The van der Waals surface area contributed by atoms with Crippen LogP contribution in [0.1, 0.15) is 33.6 Å². The van der Waals surface area contributed by atoms with Crippen molar-refractivity contribution in [2.24, 2.45) is 0 Å². The number of benzene rings is 1. The van der Waals surface area contributed by atoms with Crippen LogP contribution in [0.3, 0.4) is 0 Å². The molecule has 2 aromatic rings. The summed E-state index contributed by atoms with van der Waals surface area (Å²) in [6.45, 7) is 6.39. The lowest BCUT2D eigenvalue weighted by molar-refractivity contribution is -0.136. The van der Waals surface area contributed by atoms with Crippen molar-refractivity contribution in [1.82, 2.24) is 4.98 Å². The zero-order chi connectivity index (χ0) is 15.4. The van der Waals surface area contributed by atoms with Crippen molar-refractivity contribution in [2.45, 2.75) is 40.2 Å². The molecule has 2 rings (SSSR count). The van der Waals surface area contributed by atoms with E-state index in [4.69, 9.17) is 9.84 Å². The van der Waals surface area contributed by atoms with Crippen LogP contribution < -0.4 is 4.74 Å². The molecule has 5 heteroatoms. The minimum atomic E-state index is -0.824. The standard InChI is InChI=1S/C16H19NO3S/c1-4-12-14(8-16(18)19)21-15(17-12)9-20-13-7-10(2)5-6-11(13)3/h5-7H,4,8-9H2,1-3H3,(H,18,19). The molecule has 112 valence electrons. The van der Waals surface area contributed by atoms with Gasteiger partial charge in [0.1, 0.15) is 17.4 Å². The van der Waals surface area contributed by atoms with Gasteiger partial charge in [-0.2, -0.15) is 0 Å². The average molecular weight is 305 g/mol. The van der Waals surface area contributed by atoms with Gasteiger partial charge in [0.2, 0.25) is 0 Å². The maximum Gasteiger partial charge on any atom is 0.308 e. The predicted molar refractivity (Wildman–Crippen MR) is 83.1 cm³/mol. The third-order valence-corrected chi connectivity index (χ3v) is 4.24. The molecule has 0 fully saturated rings. The van der Waals surface area contributed by atoms with Crippen LogP contribution in [-0.2, 0) is 24.2 Å². The summed E-state index contributed by atoms with van der Waals surface area (Å²) in [5.41, 5.74) is 3.09. The first-order valence-electron chi connectivity index (χ1n) is 6.89. The second-order valence-corrected chi connectivity index (χ2v) is 6.13. The van der Waals surface area contributed by atoms with E-state index in [0.717, 1.165) is 38.9 Å². The van der Waals surface area contributed by atoms with Crippen LogP contribution in [0.4, 0.5) is 0 Å². The Kier molecular flexibility index (Phi) is 4.96. The summed E-state index contributed by atoms with van der Waals surface area (Å²) >= 11 is 1.42. The quantitative estimate of drug-likeness (QED) is 0.887. The van der Waals surface area contributed by atoms with Gasteiger partial charge in [0.15, 0.2) is 0 Å². The number of nitrogens with zero attached hydrogens (tertiary/aromatic N) is 1. The fourth-order valence-electron chi connectivity index (χ4n) is 2.05. The van der Waals surface area contributed by atoms with Gasteiger partial charge in [0.25, 0.3) is 0 Å². The van der Waals surface area contributed by atoms with E-state index < -0.39 is 5.97 Å². The molecule has 1 aromatic carbocycles. The Morgan fingerprint density at radius 2 is 2.14 bits per heavy atom. The third kappa shape index (κ3) is 4.04. The highest BCUT2D eigenvalue weighted by Crippen LogP contribution is 2.24. The van der Waals surface area contributed by atoms with E-state index in [1.165, 1.54) is 11.3 Å². The summed E-state index contributed by atoms with van der Waals surface area (Å²) in [7, 11) is 0. The van der Waals surface area contributed by atoms with Crippen LogP contribution in [0.15, 0.2) is 18.2 Å². The number of hydrogen-bond donors (Lipinski definition) is 1. The van der Waals surface area contributed by atoms with Crippen molar-refractivity contribution in [2.75, 3.05) is 0 Å². The molecule has 0 radical (unpaired) electrons. The number of aromatic nitrogens is 1. The Bertz CT molecular complexity index is 649. The first-order chi connectivity index (χ1) is 9.99. The first-order valence-corrected chi connectivity index (χ1v) is 7.70. The van der Waals surface area contributed by atoms with Crippen molar-refractivity contribution >= 4 is 17.3 Å². The first kappa shape index (κ1) is 15.5. The zero-order valence-corrected chi connectivity index (χ0v) is 13.3. The molecular formula is C16H19NO3S. The van der Waals surface area contributed by atoms with E-state index in [1.807, 2.05) is 39.0 Å². The van der Waals surface area contributed by atoms with Crippen LogP contribution in [-0.4, -0.2) is 16.1 Å². The molecule has 0 aliphatic heterocycles. The van der Waals surface area contributed by atoms with Crippen LogP contribution >= 0.6 is 11.3 Å². The van der Waals surface area contributed by atoms with Crippen molar-refractivity contribution in [3.63, 3.8) is 0 Å². The van der Waals surface area contributed by atoms with Gasteiger partial charge in [0.05, 0.1) is 12.1 Å².